The standard InChI is InChI=1S/C20H23NO4/c1-23-18-10-6-16(14-19(18)24-2)7-11-20(25-3)21-13-12-15-4-8-17(22)9-5-15/h4-11,14,22H,12-13H2,1-3H3/b11-7+,21-20?. The highest BCUT2D eigenvalue weighted by Gasteiger charge is 2.03. The van der Waals surface area contributed by atoms with Gasteiger partial charge in [-0.25, -0.2) is 0 Å². The van der Waals surface area contributed by atoms with Crippen molar-refractivity contribution in [3.05, 3.63) is 59.7 Å². The molecule has 0 saturated carbocycles. The van der Waals surface area contributed by atoms with Gasteiger partial charge in [-0.2, -0.15) is 0 Å². The summed E-state index contributed by atoms with van der Waals surface area (Å²) in [5.41, 5.74) is 2.07. The lowest BCUT2D eigenvalue weighted by Crippen LogP contribution is -2.00. The van der Waals surface area contributed by atoms with E-state index in [2.05, 4.69) is 4.99 Å². The molecule has 0 radical (unpaired) electrons. The molecule has 2 aromatic carbocycles. The summed E-state index contributed by atoms with van der Waals surface area (Å²) >= 11 is 0. The average molecular weight is 341 g/mol. The van der Waals surface area contributed by atoms with Crippen LogP contribution in [0.5, 0.6) is 17.2 Å². The van der Waals surface area contributed by atoms with Gasteiger partial charge in [0.1, 0.15) is 5.75 Å². The van der Waals surface area contributed by atoms with Crippen LogP contribution in [0.25, 0.3) is 6.08 Å². The van der Waals surface area contributed by atoms with E-state index in [0.717, 1.165) is 17.5 Å². The van der Waals surface area contributed by atoms with Gasteiger partial charge in [0.15, 0.2) is 11.5 Å². The van der Waals surface area contributed by atoms with Gasteiger partial charge >= 0.3 is 0 Å². The Kier molecular flexibility index (Phi) is 6.89. The van der Waals surface area contributed by atoms with Crippen LogP contribution < -0.4 is 9.47 Å². The molecule has 5 heteroatoms. The van der Waals surface area contributed by atoms with Crippen molar-refractivity contribution >= 4 is 12.0 Å². The van der Waals surface area contributed by atoms with Gasteiger partial charge in [0.25, 0.3) is 0 Å². The van der Waals surface area contributed by atoms with Crippen LogP contribution in [-0.4, -0.2) is 38.9 Å². The van der Waals surface area contributed by atoms with E-state index in [9.17, 15) is 5.11 Å². The Balaban J connectivity index is 2.00. The molecule has 1 N–H and O–H groups in total. The molecule has 0 amide bonds. The number of hydrogen-bond acceptors (Lipinski definition) is 5. The molecule has 0 heterocycles. The van der Waals surface area contributed by atoms with Gasteiger partial charge in [0, 0.05) is 12.6 Å². The fourth-order valence-corrected chi connectivity index (χ4v) is 2.27. The molecule has 2 rings (SSSR count). The summed E-state index contributed by atoms with van der Waals surface area (Å²) in [6.45, 7) is 0.601. The Bertz CT molecular complexity index is 736. The summed E-state index contributed by atoms with van der Waals surface area (Å²) in [7, 11) is 4.81. The van der Waals surface area contributed by atoms with E-state index >= 15 is 0 Å². The van der Waals surface area contributed by atoms with Crippen molar-refractivity contribution in [3.63, 3.8) is 0 Å². The molecule has 0 spiro atoms. The van der Waals surface area contributed by atoms with Gasteiger partial charge in [-0.15, -0.1) is 0 Å². The summed E-state index contributed by atoms with van der Waals surface area (Å²) in [5.74, 6) is 2.18. The molecule has 5 nitrogen and oxygen atoms in total. The van der Waals surface area contributed by atoms with E-state index in [1.807, 2.05) is 42.5 Å². The van der Waals surface area contributed by atoms with Crippen molar-refractivity contribution in [2.45, 2.75) is 6.42 Å². The average Bonchev–Trinajstić information content (AvgIpc) is 2.65. The van der Waals surface area contributed by atoms with E-state index in [0.29, 0.717) is 23.9 Å². The fraction of sp³-hybridized carbons (Fsp3) is 0.250. The van der Waals surface area contributed by atoms with Crippen molar-refractivity contribution < 1.29 is 19.3 Å². The number of nitrogens with zero attached hydrogens (tertiary/aromatic N) is 1. The van der Waals surface area contributed by atoms with E-state index in [4.69, 9.17) is 14.2 Å². The maximum absolute atomic E-state index is 9.28. The number of ether oxygens (including phenoxy) is 3. The third kappa shape index (κ3) is 5.57. The van der Waals surface area contributed by atoms with Crippen molar-refractivity contribution in [1.82, 2.24) is 0 Å². The van der Waals surface area contributed by atoms with E-state index < -0.39 is 0 Å². The molecule has 0 aliphatic carbocycles. The molecular weight excluding hydrogens is 318 g/mol. The molecule has 0 bridgehead atoms. The Morgan fingerprint density at radius 1 is 1.00 bits per heavy atom. The van der Waals surface area contributed by atoms with Crippen LogP contribution in [0, 0.1) is 0 Å². The van der Waals surface area contributed by atoms with Crippen molar-refractivity contribution in [3.8, 4) is 17.2 Å². The van der Waals surface area contributed by atoms with Crippen LogP contribution in [0.2, 0.25) is 0 Å². The Labute approximate surface area is 148 Å². The third-order valence-corrected chi connectivity index (χ3v) is 3.64. The second kappa shape index (κ2) is 9.37. The molecule has 0 aliphatic rings. The van der Waals surface area contributed by atoms with Crippen LogP contribution >= 0.6 is 0 Å². The predicted molar refractivity (Wildman–Crippen MR) is 99.7 cm³/mol. The number of phenols is 1. The summed E-state index contributed by atoms with van der Waals surface area (Å²) < 4.78 is 15.8. The normalized spacial score (nSPS) is 11.6. The largest absolute Gasteiger partial charge is 0.508 e. The number of aliphatic imine (C=N–C) groups is 1. The van der Waals surface area contributed by atoms with Crippen molar-refractivity contribution in [2.24, 2.45) is 4.99 Å². The lowest BCUT2D eigenvalue weighted by molar-refractivity contribution is 0.355. The number of benzene rings is 2. The number of phenolic OH excluding ortho intramolecular Hbond substituents is 1. The highest BCUT2D eigenvalue weighted by molar-refractivity contribution is 5.91. The quantitative estimate of drug-likeness (QED) is 0.616. The first-order valence-corrected chi connectivity index (χ1v) is 7.92. The van der Waals surface area contributed by atoms with Gasteiger partial charge in [-0.05, 0) is 47.9 Å². The Morgan fingerprint density at radius 2 is 1.72 bits per heavy atom. The summed E-state index contributed by atoms with van der Waals surface area (Å²) in [5, 5.41) is 9.28. The molecule has 25 heavy (non-hydrogen) atoms. The van der Waals surface area contributed by atoms with Gasteiger partial charge < -0.3 is 19.3 Å². The van der Waals surface area contributed by atoms with E-state index in [-0.39, 0.29) is 5.75 Å². The molecule has 0 fully saturated rings. The van der Waals surface area contributed by atoms with Crippen LogP contribution in [-0.2, 0) is 11.2 Å². The first-order valence-electron chi connectivity index (χ1n) is 7.92. The van der Waals surface area contributed by atoms with Crippen LogP contribution in [0.4, 0.5) is 0 Å². The maximum Gasteiger partial charge on any atom is 0.208 e. The lowest BCUT2D eigenvalue weighted by Gasteiger charge is -2.07. The van der Waals surface area contributed by atoms with Crippen LogP contribution in [0.1, 0.15) is 11.1 Å². The third-order valence-electron chi connectivity index (χ3n) is 3.64. The fourth-order valence-electron chi connectivity index (χ4n) is 2.27. The molecule has 132 valence electrons. The molecule has 0 unspecified atom stereocenters. The number of hydrogen-bond donors (Lipinski definition) is 1. The highest BCUT2D eigenvalue weighted by Crippen LogP contribution is 2.27. The molecule has 0 saturated heterocycles. The lowest BCUT2D eigenvalue weighted by atomic mass is 10.1. The van der Waals surface area contributed by atoms with Crippen molar-refractivity contribution in [2.75, 3.05) is 27.9 Å². The summed E-state index contributed by atoms with van der Waals surface area (Å²) in [6.07, 6.45) is 4.50. The number of aromatic hydroxyl groups is 1. The maximum atomic E-state index is 9.28. The SMILES string of the molecule is COC(/C=C/c1ccc(OC)c(OC)c1)=NCCc1ccc(O)cc1. The van der Waals surface area contributed by atoms with Crippen molar-refractivity contribution in [1.29, 1.82) is 0 Å². The number of methoxy groups -OCH3 is 3. The molecular formula is C20H23NO4. The van der Waals surface area contributed by atoms with Gasteiger partial charge in [-0.1, -0.05) is 18.2 Å². The zero-order chi connectivity index (χ0) is 18.1. The van der Waals surface area contributed by atoms with Gasteiger partial charge in [0.05, 0.1) is 21.3 Å². The molecule has 0 atom stereocenters. The molecule has 0 aromatic heterocycles. The van der Waals surface area contributed by atoms with Crippen LogP contribution in [0.15, 0.2) is 53.5 Å². The number of rotatable bonds is 7. The second-order valence-corrected chi connectivity index (χ2v) is 5.29. The summed E-state index contributed by atoms with van der Waals surface area (Å²) in [4.78, 5) is 4.44. The van der Waals surface area contributed by atoms with Gasteiger partial charge in [-0.3, -0.25) is 4.99 Å². The summed E-state index contributed by atoms with van der Waals surface area (Å²) in [6, 6.07) is 12.8. The zero-order valence-corrected chi connectivity index (χ0v) is 14.7. The van der Waals surface area contributed by atoms with E-state index in [1.165, 1.54) is 0 Å². The molecule has 0 aliphatic heterocycles. The topological polar surface area (TPSA) is 60.3 Å². The predicted octanol–water partition coefficient (Wildman–Crippen LogP) is 3.71. The first kappa shape index (κ1) is 18.4. The minimum Gasteiger partial charge on any atom is -0.508 e. The smallest absolute Gasteiger partial charge is 0.208 e. The second-order valence-electron chi connectivity index (χ2n) is 5.29. The first-order chi connectivity index (χ1) is 12.2. The Hall–Kier alpha value is -2.95. The minimum atomic E-state index is 0.266. The van der Waals surface area contributed by atoms with E-state index in [1.54, 1.807) is 33.5 Å². The highest BCUT2D eigenvalue weighted by atomic mass is 16.5. The minimum absolute atomic E-state index is 0.266. The monoisotopic (exact) mass is 341 g/mol. The van der Waals surface area contributed by atoms with Crippen LogP contribution in [0.3, 0.4) is 0 Å². The van der Waals surface area contributed by atoms with Gasteiger partial charge in [0.2, 0.25) is 5.90 Å². The molecule has 2 aromatic rings. The zero-order valence-electron chi connectivity index (χ0n) is 14.7. The Morgan fingerprint density at radius 3 is 2.36 bits per heavy atom.